The fourth-order valence-corrected chi connectivity index (χ4v) is 6.61. The summed E-state index contributed by atoms with van der Waals surface area (Å²) in [6.45, 7) is 19.0. The highest BCUT2D eigenvalue weighted by molar-refractivity contribution is 6.74. The van der Waals surface area contributed by atoms with E-state index in [0.29, 0.717) is 17.9 Å². The molecule has 2 heterocycles. The topological polar surface area (TPSA) is 70.2 Å². The third-order valence-electron chi connectivity index (χ3n) is 8.92. The van der Waals surface area contributed by atoms with Crippen LogP contribution in [0.15, 0.2) is 78.9 Å². The van der Waals surface area contributed by atoms with E-state index in [1.54, 1.807) is 0 Å². The molecule has 4 aromatic rings. The predicted octanol–water partition coefficient (Wildman–Crippen LogP) is 6.93. The van der Waals surface area contributed by atoms with E-state index in [1.807, 2.05) is 6.07 Å². The number of nitrogens with zero attached hydrogens (tertiary/aromatic N) is 5. The van der Waals surface area contributed by atoms with Gasteiger partial charge < -0.3 is 4.43 Å². The Morgan fingerprint density at radius 1 is 0.927 bits per heavy atom. The van der Waals surface area contributed by atoms with Crippen LogP contribution in [0.2, 0.25) is 18.1 Å². The number of H-pyrrole nitrogens is 1. The van der Waals surface area contributed by atoms with Crippen LogP contribution in [0.5, 0.6) is 5.75 Å². The zero-order valence-corrected chi connectivity index (χ0v) is 26.5. The summed E-state index contributed by atoms with van der Waals surface area (Å²) in [4.78, 5) is 5.26. The van der Waals surface area contributed by atoms with Gasteiger partial charge in [0, 0.05) is 37.3 Å². The lowest BCUT2D eigenvalue weighted by atomic mass is 9.90. The maximum atomic E-state index is 6.79. The van der Waals surface area contributed by atoms with Gasteiger partial charge >= 0.3 is 0 Å². The van der Waals surface area contributed by atoms with Crippen LogP contribution in [0.4, 0.5) is 0 Å². The molecule has 0 saturated carbocycles. The van der Waals surface area contributed by atoms with Gasteiger partial charge in [-0.05, 0) is 66.0 Å². The van der Waals surface area contributed by atoms with Crippen LogP contribution < -0.4 is 4.43 Å². The van der Waals surface area contributed by atoms with E-state index in [0.717, 1.165) is 30.9 Å². The normalized spacial score (nSPS) is 19.7. The maximum Gasteiger partial charge on any atom is 0.250 e. The van der Waals surface area contributed by atoms with Gasteiger partial charge in [0.05, 0.1) is 6.04 Å². The van der Waals surface area contributed by atoms with Crippen molar-refractivity contribution in [3.63, 3.8) is 0 Å². The van der Waals surface area contributed by atoms with E-state index >= 15 is 0 Å². The zero-order chi connectivity index (χ0) is 29.2. The van der Waals surface area contributed by atoms with Crippen molar-refractivity contribution in [3.8, 4) is 17.1 Å². The molecule has 1 N–H and O–H groups in total. The molecule has 0 aliphatic carbocycles. The van der Waals surface area contributed by atoms with Gasteiger partial charge in [0.2, 0.25) is 14.1 Å². The first-order chi connectivity index (χ1) is 19.5. The number of hydrogen-bond acceptors (Lipinski definition) is 6. The minimum absolute atomic E-state index is 0.00370. The van der Waals surface area contributed by atoms with Crippen molar-refractivity contribution in [2.24, 2.45) is 0 Å². The van der Waals surface area contributed by atoms with Crippen LogP contribution in [0.1, 0.15) is 57.4 Å². The first-order valence-corrected chi connectivity index (χ1v) is 17.6. The quantitative estimate of drug-likeness (QED) is 0.232. The van der Waals surface area contributed by atoms with Crippen molar-refractivity contribution in [1.82, 2.24) is 30.4 Å². The second-order valence-corrected chi connectivity index (χ2v) is 17.7. The fraction of sp³-hybridized carbons (Fsp3) is 0.424. The Labute approximate surface area is 246 Å². The van der Waals surface area contributed by atoms with E-state index in [1.165, 1.54) is 16.7 Å². The SMILES string of the molecule is C[C@@H]1CN([C@H](c2cccc(O[Si](C)(C)C(C)(C)C)c2)c2ccccc2-c2nn[nH]n2)[C@@H](C)CN1Cc1ccccc1. The van der Waals surface area contributed by atoms with Gasteiger partial charge in [0.15, 0.2) is 0 Å². The average Bonchev–Trinajstić information content (AvgIpc) is 3.47. The number of aromatic nitrogens is 4. The molecule has 5 rings (SSSR count). The number of piperazine rings is 1. The molecule has 0 unspecified atom stereocenters. The van der Waals surface area contributed by atoms with Gasteiger partial charge in [-0.1, -0.05) is 87.5 Å². The fourth-order valence-electron chi connectivity index (χ4n) is 5.58. The molecule has 41 heavy (non-hydrogen) atoms. The molecule has 3 aromatic carbocycles. The summed E-state index contributed by atoms with van der Waals surface area (Å²) in [6, 6.07) is 28.7. The molecule has 0 amide bonds. The summed E-state index contributed by atoms with van der Waals surface area (Å²) in [6.07, 6.45) is 0. The summed E-state index contributed by atoms with van der Waals surface area (Å²) in [5.74, 6) is 1.56. The molecule has 0 bridgehead atoms. The number of hydrogen-bond donors (Lipinski definition) is 1. The lowest BCUT2D eigenvalue weighted by Crippen LogP contribution is -2.56. The molecule has 1 aromatic heterocycles. The minimum atomic E-state index is -2.00. The van der Waals surface area contributed by atoms with E-state index in [2.05, 4.69) is 151 Å². The number of nitrogens with one attached hydrogen (secondary N) is 1. The third-order valence-corrected chi connectivity index (χ3v) is 13.3. The van der Waals surface area contributed by atoms with Gasteiger partial charge in [0.25, 0.3) is 0 Å². The Balaban J connectivity index is 1.53. The van der Waals surface area contributed by atoms with Gasteiger partial charge in [-0.3, -0.25) is 9.80 Å². The van der Waals surface area contributed by atoms with Crippen LogP contribution in [-0.2, 0) is 6.54 Å². The standard InChI is InChI=1S/C33H44N6OSi/c1-24-22-39(25(2)21-38(24)23-26-14-9-8-10-15-26)31(29-18-11-12-19-30(29)32-34-36-37-35-32)27-16-13-17-28(20-27)40-41(6,7)33(3,4)5/h8-20,24-25,31H,21-23H2,1-7H3,(H,34,35,36,37)/t24-,25+,31-/m1/s1. The van der Waals surface area contributed by atoms with E-state index in [9.17, 15) is 0 Å². The lowest BCUT2D eigenvalue weighted by Gasteiger charge is -2.48. The van der Waals surface area contributed by atoms with Gasteiger partial charge in [0.1, 0.15) is 5.75 Å². The van der Waals surface area contributed by atoms with Crippen LogP contribution in [0.25, 0.3) is 11.4 Å². The Bertz CT molecular complexity index is 1420. The van der Waals surface area contributed by atoms with Crippen LogP contribution in [0, 0.1) is 0 Å². The first-order valence-electron chi connectivity index (χ1n) is 14.7. The third kappa shape index (κ3) is 6.45. The first kappa shape index (κ1) is 29.2. The summed E-state index contributed by atoms with van der Waals surface area (Å²) in [5.41, 5.74) is 4.74. The van der Waals surface area contributed by atoms with Crippen molar-refractivity contribution in [1.29, 1.82) is 0 Å². The summed E-state index contributed by atoms with van der Waals surface area (Å²) in [7, 11) is -2.00. The van der Waals surface area contributed by atoms with E-state index in [-0.39, 0.29) is 11.1 Å². The second-order valence-electron chi connectivity index (χ2n) is 13.0. The van der Waals surface area contributed by atoms with Gasteiger partial charge in [-0.25, -0.2) is 0 Å². The van der Waals surface area contributed by atoms with Crippen LogP contribution in [0.3, 0.4) is 0 Å². The number of rotatable bonds is 8. The summed E-state index contributed by atoms with van der Waals surface area (Å²) >= 11 is 0. The molecular formula is C33H44N6OSi. The molecule has 7 nitrogen and oxygen atoms in total. The zero-order valence-electron chi connectivity index (χ0n) is 25.5. The van der Waals surface area contributed by atoms with Gasteiger partial charge in [-0.15, -0.1) is 10.2 Å². The summed E-state index contributed by atoms with van der Waals surface area (Å²) in [5, 5.41) is 15.3. The average molecular weight is 569 g/mol. The molecule has 1 fully saturated rings. The minimum Gasteiger partial charge on any atom is -0.543 e. The molecule has 8 heteroatoms. The molecule has 1 saturated heterocycles. The van der Waals surface area contributed by atoms with Crippen LogP contribution >= 0.6 is 0 Å². The highest BCUT2D eigenvalue weighted by Crippen LogP contribution is 2.41. The molecule has 0 spiro atoms. The molecule has 216 valence electrons. The van der Waals surface area contributed by atoms with Gasteiger partial charge in [-0.2, -0.15) is 5.21 Å². The lowest BCUT2D eigenvalue weighted by molar-refractivity contribution is 0.0196. The van der Waals surface area contributed by atoms with Crippen molar-refractivity contribution in [2.45, 2.75) is 77.4 Å². The Hall–Kier alpha value is -3.33. The van der Waals surface area contributed by atoms with Crippen molar-refractivity contribution >= 4 is 8.32 Å². The smallest absolute Gasteiger partial charge is 0.250 e. The summed E-state index contributed by atoms with van der Waals surface area (Å²) < 4.78 is 6.79. The molecule has 1 aliphatic heterocycles. The predicted molar refractivity (Wildman–Crippen MR) is 168 cm³/mol. The monoisotopic (exact) mass is 568 g/mol. The number of benzene rings is 3. The molecule has 3 atom stereocenters. The molecule has 0 radical (unpaired) electrons. The van der Waals surface area contributed by atoms with Crippen molar-refractivity contribution < 1.29 is 4.43 Å². The highest BCUT2D eigenvalue weighted by atomic mass is 28.4. The van der Waals surface area contributed by atoms with Crippen molar-refractivity contribution in [3.05, 3.63) is 95.6 Å². The van der Waals surface area contributed by atoms with E-state index in [4.69, 9.17) is 4.43 Å². The number of tetrazole rings is 1. The Morgan fingerprint density at radius 3 is 2.37 bits per heavy atom. The largest absolute Gasteiger partial charge is 0.543 e. The molecular weight excluding hydrogens is 524 g/mol. The van der Waals surface area contributed by atoms with E-state index < -0.39 is 8.32 Å². The highest BCUT2D eigenvalue weighted by Gasteiger charge is 2.40. The number of aromatic amines is 1. The Kier molecular flexibility index (Phi) is 8.45. The van der Waals surface area contributed by atoms with Crippen molar-refractivity contribution in [2.75, 3.05) is 13.1 Å². The second kappa shape index (κ2) is 11.9. The van der Waals surface area contributed by atoms with Crippen LogP contribution in [-0.4, -0.2) is 63.9 Å². The molecule has 1 aliphatic rings. The maximum absolute atomic E-state index is 6.79. The Morgan fingerprint density at radius 2 is 1.66 bits per heavy atom.